The fourth-order valence-electron chi connectivity index (χ4n) is 1.16. The van der Waals surface area contributed by atoms with Crippen molar-refractivity contribution in [2.45, 2.75) is 46.0 Å². The lowest BCUT2D eigenvalue weighted by molar-refractivity contribution is 0.521. The molecular weight excluding hydrogens is 136 g/mol. The number of hydrogen-bond acceptors (Lipinski definition) is 1. The van der Waals surface area contributed by atoms with Gasteiger partial charge in [0.05, 0.1) is 0 Å². The van der Waals surface area contributed by atoms with Crippen LogP contribution in [0.1, 0.15) is 46.0 Å². The highest BCUT2D eigenvalue weighted by Gasteiger charge is 2.00. The van der Waals surface area contributed by atoms with Crippen molar-refractivity contribution in [1.82, 2.24) is 0 Å². The highest BCUT2D eigenvalue weighted by molar-refractivity contribution is 5.45. The van der Waals surface area contributed by atoms with Crippen molar-refractivity contribution >= 4 is 5.94 Å². The van der Waals surface area contributed by atoms with E-state index in [1.54, 1.807) is 6.08 Å². The van der Waals surface area contributed by atoms with Crippen molar-refractivity contribution in [3.63, 3.8) is 0 Å². The molecule has 0 fully saturated rings. The Morgan fingerprint density at radius 2 is 2.09 bits per heavy atom. The smallest absolute Gasteiger partial charge is 0.120 e. The maximum Gasteiger partial charge on any atom is 0.120 e. The van der Waals surface area contributed by atoms with E-state index in [2.05, 4.69) is 13.8 Å². The summed E-state index contributed by atoms with van der Waals surface area (Å²) in [6.07, 6.45) is 7.66. The molecule has 0 aliphatic carbocycles. The molecule has 1 unspecified atom stereocenters. The minimum absolute atomic E-state index is 0.471. The van der Waals surface area contributed by atoms with E-state index in [4.69, 9.17) is 0 Å². The van der Waals surface area contributed by atoms with Gasteiger partial charge < -0.3 is 0 Å². The van der Waals surface area contributed by atoms with Crippen LogP contribution in [0.15, 0.2) is 6.08 Å². The molecule has 0 aliphatic rings. The third-order valence-corrected chi connectivity index (χ3v) is 2.01. The lowest BCUT2D eigenvalue weighted by Gasteiger charge is -2.06. The minimum Gasteiger partial charge on any atom is -0.234 e. The Balaban J connectivity index is 3.43. The number of unbranched alkanes of at least 4 members (excludes halogenated alkanes) is 2. The van der Waals surface area contributed by atoms with Gasteiger partial charge in [0.25, 0.3) is 0 Å². The molecular formula is C10H18O. The molecule has 0 bridgehead atoms. The second kappa shape index (κ2) is 7.56. The van der Waals surface area contributed by atoms with Crippen molar-refractivity contribution in [3.8, 4) is 0 Å². The normalized spacial score (nSPS) is 12.2. The lowest BCUT2D eigenvalue weighted by Crippen LogP contribution is -1.94. The van der Waals surface area contributed by atoms with Gasteiger partial charge in [0.1, 0.15) is 5.94 Å². The molecule has 11 heavy (non-hydrogen) atoms. The van der Waals surface area contributed by atoms with Crippen LogP contribution in [0, 0.1) is 5.92 Å². The second-order valence-electron chi connectivity index (χ2n) is 2.95. The van der Waals surface area contributed by atoms with Crippen LogP contribution >= 0.6 is 0 Å². The average molecular weight is 154 g/mol. The van der Waals surface area contributed by atoms with E-state index in [1.807, 2.05) is 5.94 Å². The van der Waals surface area contributed by atoms with E-state index in [1.165, 1.54) is 19.3 Å². The number of rotatable bonds is 6. The second-order valence-corrected chi connectivity index (χ2v) is 2.95. The van der Waals surface area contributed by atoms with E-state index in [9.17, 15) is 4.79 Å². The SMILES string of the molecule is CCCCCC(C=C=O)CC. The summed E-state index contributed by atoms with van der Waals surface area (Å²) >= 11 is 0. The molecule has 0 aliphatic heterocycles. The maximum absolute atomic E-state index is 10.0. The first-order chi connectivity index (χ1) is 5.35. The van der Waals surface area contributed by atoms with Gasteiger partial charge in [-0.2, -0.15) is 0 Å². The van der Waals surface area contributed by atoms with Gasteiger partial charge in [-0.25, -0.2) is 4.79 Å². The molecule has 0 saturated carbocycles. The first kappa shape index (κ1) is 10.4. The average Bonchev–Trinajstić information content (AvgIpc) is 2.03. The molecule has 0 aromatic heterocycles. The predicted molar refractivity (Wildman–Crippen MR) is 48.2 cm³/mol. The third-order valence-electron chi connectivity index (χ3n) is 2.01. The van der Waals surface area contributed by atoms with Gasteiger partial charge in [-0.15, -0.1) is 0 Å². The molecule has 0 rings (SSSR count). The summed E-state index contributed by atoms with van der Waals surface area (Å²) in [5.74, 6) is 2.34. The minimum atomic E-state index is 0.471. The van der Waals surface area contributed by atoms with Crippen LogP contribution in [0.25, 0.3) is 0 Å². The summed E-state index contributed by atoms with van der Waals surface area (Å²) in [7, 11) is 0. The summed E-state index contributed by atoms with van der Waals surface area (Å²) in [5, 5.41) is 0. The standard InChI is InChI=1S/C10H18O/c1-3-5-6-7-10(4-2)8-9-11/h8,10H,3-7H2,1-2H3. The van der Waals surface area contributed by atoms with Crippen LogP contribution in [0.5, 0.6) is 0 Å². The molecule has 1 atom stereocenters. The first-order valence-corrected chi connectivity index (χ1v) is 4.56. The summed E-state index contributed by atoms with van der Waals surface area (Å²) < 4.78 is 0. The molecule has 0 aromatic rings. The zero-order chi connectivity index (χ0) is 8.53. The highest BCUT2D eigenvalue weighted by Crippen LogP contribution is 2.13. The van der Waals surface area contributed by atoms with Gasteiger partial charge >= 0.3 is 0 Å². The van der Waals surface area contributed by atoms with Crippen LogP contribution in [0.2, 0.25) is 0 Å². The molecule has 1 heteroatoms. The lowest BCUT2D eigenvalue weighted by atomic mass is 9.99. The van der Waals surface area contributed by atoms with Crippen molar-refractivity contribution < 1.29 is 4.79 Å². The zero-order valence-electron chi connectivity index (χ0n) is 7.60. The maximum atomic E-state index is 10.0. The van der Waals surface area contributed by atoms with Gasteiger partial charge in [0.15, 0.2) is 0 Å². The van der Waals surface area contributed by atoms with Gasteiger partial charge in [-0.1, -0.05) is 33.1 Å². The molecule has 0 radical (unpaired) electrons. The molecule has 0 spiro atoms. The third kappa shape index (κ3) is 5.87. The topological polar surface area (TPSA) is 17.1 Å². The van der Waals surface area contributed by atoms with E-state index < -0.39 is 0 Å². The largest absolute Gasteiger partial charge is 0.234 e. The Bertz CT molecular complexity index is 123. The molecule has 1 nitrogen and oxygen atoms in total. The Hall–Kier alpha value is -0.550. The summed E-state index contributed by atoms with van der Waals surface area (Å²) in [6, 6.07) is 0. The molecule has 0 N–H and O–H groups in total. The van der Waals surface area contributed by atoms with Crippen molar-refractivity contribution in [2.24, 2.45) is 5.92 Å². The van der Waals surface area contributed by atoms with Crippen molar-refractivity contribution in [3.05, 3.63) is 6.08 Å². The highest BCUT2D eigenvalue weighted by atomic mass is 16.1. The molecule has 0 aromatic carbocycles. The van der Waals surface area contributed by atoms with Crippen molar-refractivity contribution in [1.29, 1.82) is 0 Å². The molecule has 0 saturated heterocycles. The monoisotopic (exact) mass is 154 g/mol. The summed E-state index contributed by atoms with van der Waals surface area (Å²) in [4.78, 5) is 10.0. The number of carbonyl (C=O) groups excluding carboxylic acids is 1. The first-order valence-electron chi connectivity index (χ1n) is 4.56. The fourth-order valence-corrected chi connectivity index (χ4v) is 1.16. The Morgan fingerprint density at radius 3 is 2.55 bits per heavy atom. The number of hydrogen-bond donors (Lipinski definition) is 0. The van der Waals surface area contributed by atoms with Crippen LogP contribution < -0.4 is 0 Å². The molecule has 0 heterocycles. The Kier molecular flexibility index (Phi) is 7.18. The molecule has 64 valence electrons. The zero-order valence-corrected chi connectivity index (χ0v) is 7.60. The van der Waals surface area contributed by atoms with Crippen LogP contribution in [0.3, 0.4) is 0 Å². The van der Waals surface area contributed by atoms with Gasteiger partial charge in [0.2, 0.25) is 0 Å². The summed E-state index contributed by atoms with van der Waals surface area (Å²) in [6.45, 7) is 4.31. The fraction of sp³-hybridized carbons (Fsp3) is 0.800. The molecule has 0 amide bonds. The van der Waals surface area contributed by atoms with Crippen LogP contribution in [-0.4, -0.2) is 5.94 Å². The van der Waals surface area contributed by atoms with E-state index in [-0.39, 0.29) is 0 Å². The van der Waals surface area contributed by atoms with E-state index in [0.717, 1.165) is 12.8 Å². The Labute approximate surface area is 69.5 Å². The van der Waals surface area contributed by atoms with Crippen molar-refractivity contribution in [2.75, 3.05) is 0 Å². The van der Waals surface area contributed by atoms with Gasteiger partial charge in [-0.3, -0.25) is 0 Å². The predicted octanol–water partition coefficient (Wildman–Crippen LogP) is 2.98. The van der Waals surface area contributed by atoms with Gasteiger partial charge in [0, 0.05) is 6.08 Å². The van der Waals surface area contributed by atoms with Crippen LogP contribution in [0.4, 0.5) is 0 Å². The van der Waals surface area contributed by atoms with E-state index >= 15 is 0 Å². The number of allylic oxidation sites excluding steroid dienone is 1. The Morgan fingerprint density at radius 1 is 1.36 bits per heavy atom. The van der Waals surface area contributed by atoms with E-state index in [0.29, 0.717) is 5.92 Å². The summed E-state index contributed by atoms with van der Waals surface area (Å²) in [5.41, 5.74) is 0. The quantitative estimate of drug-likeness (QED) is 0.424. The van der Waals surface area contributed by atoms with Crippen LogP contribution in [-0.2, 0) is 4.79 Å². The van der Waals surface area contributed by atoms with Gasteiger partial charge in [-0.05, 0) is 18.8 Å².